The fourth-order valence-electron chi connectivity index (χ4n) is 4.75. The van der Waals surface area contributed by atoms with Crippen molar-refractivity contribution in [2.45, 2.75) is 43.9 Å². The van der Waals surface area contributed by atoms with Crippen LogP contribution in [-0.4, -0.2) is 42.9 Å². The smallest absolute Gasteiger partial charge is 0.411 e. The predicted octanol–water partition coefficient (Wildman–Crippen LogP) is 5.46. The summed E-state index contributed by atoms with van der Waals surface area (Å²) in [7, 11) is 4.53. The number of quaternary nitrogens is 1. The Labute approximate surface area is 169 Å². The molecule has 2 aromatic rings. The third kappa shape index (κ3) is 3.74. The van der Waals surface area contributed by atoms with Crippen LogP contribution in [0.5, 0.6) is 0 Å². The second-order valence-electron chi connectivity index (χ2n) is 8.34. The molecule has 4 rings (SSSR count). The van der Waals surface area contributed by atoms with Crippen molar-refractivity contribution in [3.63, 3.8) is 0 Å². The molecule has 2 bridgehead atoms. The van der Waals surface area contributed by atoms with Gasteiger partial charge in [0, 0.05) is 36.3 Å². The van der Waals surface area contributed by atoms with Gasteiger partial charge in [-0.15, -0.1) is 0 Å². The lowest BCUT2D eigenvalue weighted by molar-refractivity contribution is -0.931. The van der Waals surface area contributed by atoms with Gasteiger partial charge in [-0.25, -0.2) is 9.18 Å². The van der Waals surface area contributed by atoms with E-state index in [4.69, 9.17) is 16.3 Å². The molecule has 6 heteroatoms. The average molecular weight is 404 g/mol. The van der Waals surface area contributed by atoms with Crippen molar-refractivity contribution < 1.29 is 18.4 Å². The van der Waals surface area contributed by atoms with Crippen LogP contribution in [0.2, 0.25) is 5.02 Å². The van der Waals surface area contributed by atoms with E-state index in [0.717, 1.165) is 22.9 Å². The molecule has 2 aromatic carbocycles. The molecule has 0 radical (unpaired) electrons. The molecule has 4 nitrogen and oxygen atoms in total. The zero-order chi connectivity index (χ0) is 19.9. The Kier molecular flexibility index (Phi) is 5.06. The van der Waals surface area contributed by atoms with Gasteiger partial charge in [0.2, 0.25) is 0 Å². The highest BCUT2D eigenvalue weighted by molar-refractivity contribution is 6.30. The molecular formula is C22H25ClFN2O2+. The summed E-state index contributed by atoms with van der Waals surface area (Å²) >= 11 is 6.08. The average Bonchev–Trinajstić information content (AvgIpc) is 2.80. The predicted molar refractivity (Wildman–Crippen MR) is 109 cm³/mol. The summed E-state index contributed by atoms with van der Waals surface area (Å²) in [5, 5.41) is 3.32. The molecule has 28 heavy (non-hydrogen) atoms. The minimum atomic E-state index is -0.537. The lowest BCUT2D eigenvalue weighted by atomic mass is 9.98. The normalized spacial score (nSPS) is 25.4. The number of carbonyl (C=O) groups is 1. The summed E-state index contributed by atoms with van der Waals surface area (Å²) in [6.45, 7) is 0. The molecule has 2 heterocycles. The zero-order valence-electron chi connectivity index (χ0n) is 16.1. The number of rotatable bonds is 3. The van der Waals surface area contributed by atoms with E-state index in [1.807, 2.05) is 12.1 Å². The van der Waals surface area contributed by atoms with E-state index in [1.165, 1.54) is 25.0 Å². The first kappa shape index (κ1) is 19.2. The maximum absolute atomic E-state index is 13.8. The van der Waals surface area contributed by atoms with Crippen molar-refractivity contribution in [1.29, 1.82) is 0 Å². The van der Waals surface area contributed by atoms with Crippen LogP contribution < -0.4 is 5.32 Å². The second kappa shape index (κ2) is 7.37. The fourth-order valence-corrected chi connectivity index (χ4v) is 4.94. The number of hydrogen-bond donors (Lipinski definition) is 1. The molecule has 1 N–H and O–H groups in total. The number of benzene rings is 2. The van der Waals surface area contributed by atoms with Crippen molar-refractivity contribution in [2.75, 3.05) is 19.4 Å². The number of halogens is 2. The van der Waals surface area contributed by atoms with E-state index in [-0.39, 0.29) is 6.10 Å². The first-order valence-corrected chi connectivity index (χ1v) is 10.1. The summed E-state index contributed by atoms with van der Waals surface area (Å²) in [6, 6.07) is 12.6. The van der Waals surface area contributed by atoms with E-state index < -0.39 is 11.9 Å². The van der Waals surface area contributed by atoms with E-state index in [1.54, 1.807) is 18.2 Å². The van der Waals surface area contributed by atoms with Gasteiger partial charge in [-0.1, -0.05) is 23.7 Å². The van der Waals surface area contributed by atoms with Crippen LogP contribution in [-0.2, 0) is 4.74 Å². The van der Waals surface area contributed by atoms with Crippen LogP contribution in [0.15, 0.2) is 42.5 Å². The molecule has 0 spiro atoms. The molecule has 0 aliphatic carbocycles. The minimum absolute atomic E-state index is 0.0909. The van der Waals surface area contributed by atoms with Gasteiger partial charge in [-0.3, -0.25) is 5.32 Å². The first-order chi connectivity index (χ1) is 13.3. The molecule has 2 saturated heterocycles. The number of amides is 1. The monoisotopic (exact) mass is 403 g/mol. The minimum Gasteiger partial charge on any atom is -0.445 e. The summed E-state index contributed by atoms with van der Waals surface area (Å²) in [5.41, 5.74) is 1.88. The molecule has 1 amide bonds. The van der Waals surface area contributed by atoms with E-state index in [0.29, 0.717) is 28.4 Å². The van der Waals surface area contributed by atoms with Gasteiger partial charge in [-0.05, 0) is 35.9 Å². The summed E-state index contributed by atoms with van der Waals surface area (Å²) in [6.07, 6.45) is 3.49. The molecule has 2 atom stereocenters. The Morgan fingerprint density at radius 3 is 2.54 bits per heavy atom. The second-order valence-corrected chi connectivity index (χ2v) is 8.77. The fraction of sp³-hybridized carbons (Fsp3) is 0.409. The van der Waals surface area contributed by atoms with Crippen molar-refractivity contribution >= 4 is 23.4 Å². The Bertz CT molecular complexity index is 886. The topological polar surface area (TPSA) is 38.3 Å². The highest BCUT2D eigenvalue weighted by Crippen LogP contribution is 2.40. The van der Waals surface area contributed by atoms with E-state index in [2.05, 4.69) is 19.4 Å². The lowest BCUT2D eigenvalue weighted by Crippen LogP contribution is -2.56. The third-order valence-corrected chi connectivity index (χ3v) is 6.65. The largest absolute Gasteiger partial charge is 0.445 e. The first-order valence-electron chi connectivity index (χ1n) is 9.69. The molecule has 2 aliphatic rings. The van der Waals surface area contributed by atoms with Gasteiger partial charge in [0.05, 0.1) is 31.9 Å². The van der Waals surface area contributed by atoms with Gasteiger partial charge < -0.3 is 9.22 Å². The van der Waals surface area contributed by atoms with Gasteiger partial charge in [0.15, 0.2) is 0 Å². The van der Waals surface area contributed by atoms with Crippen LogP contribution in [0.25, 0.3) is 11.1 Å². The molecule has 0 aromatic heterocycles. The maximum Gasteiger partial charge on any atom is 0.411 e. The number of nitrogens with zero attached hydrogens (tertiary/aromatic N) is 1. The van der Waals surface area contributed by atoms with E-state index in [9.17, 15) is 9.18 Å². The molecule has 2 unspecified atom stereocenters. The Hall–Kier alpha value is -2.11. The van der Waals surface area contributed by atoms with Crippen molar-refractivity contribution in [1.82, 2.24) is 0 Å². The van der Waals surface area contributed by atoms with Crippen molar-refractivity contribution in [3.8, 4) is 11.1 Å². The van der Waals surface area contributed by atoms with Crippen LogP contribution in [0.1, 0.15) is 25.7 Å². The highest BCUT2D eigenvalue weighted by atomic mass is 35.5. The number of fused-ring (bicyclic) bond motifs is 2. The lowest BCUT2D eigenvalue weighted by Gasteiger charge is -2.43. The Balaban J connectivity index is 1.49. The standard InChI is InChI=1S/C22H24ClFN2O2/c1-26(2)17-7-8-18(26)13-19(12-17)28-22(27)25-21-11-16(24)6-9-20(21)14-4-3-5-15(23)10-14/h3-6,9-11,17-19H,7-8,12-13H2,1-2H3/p+1. The summed E-state index contributed by atoms with van der Waals surface area (Å²) < 4.78 is 20.6. The molecular weight excluding hydrogens is 379 g/mol. The highest BCUT2D eigenvalue weighted by Gasteiger charge is 2.49. The number of hydrogen-bond acceptors (Lipinski definition) is 2. The maximum atomic E-state index is 13.8. The zero-order valence-corrected chi connectivity index (χ0v) is 16.9. The van der Waals surface area contributed by atoms with Crippen LogP contribution in [0, 0.1) is 5.82 Å². The van der Waals surface area contributed by atoms with Crippen molar-refractivity contribution in [2.24, 2.45) is 0 Å². The van der Waals surface area contributed by atoms with Gasteiger partial charge >= 0.3 is 6.09 Å². The number of ether oxygens (including phenoxy) is 1. The van der Waals surface area contributed by atoms with Gasteiger partial charge in [0.1, 0.15) is 11.9 Å². The van der Waals surface area contributed by atoms with E-state index >= 15 is 0 Å². The molecule has 2 aliphatic heterocycles. The number of nitrogens with one attached hydrogen (secondary N) is 1. The SMILES string of the molecule is C[N+]1(C)C2CCC1CC(OC(=O)Nc1cc(F)ccc1-c1cccc(Cl)c1)C2. The number of carbonyl (C=O) groups excluding carboxylic acids is 1. The number of anilines is 1. The van der Waals surface area contributed by atoms with Crippen LogP contribution >= 0.6 is 11.6 Å². The Morgan fingerprint density at radius 2 is 1.86 bits per heavy atom. The van der Waals surface area contributed by atoms with Crippen LogP contribution in [0.3, 0.4) is 0 Å². The third-order valence-electron chi connectivity index (χ3n) is 6.41. The molecule has 148 valence electrons. The van der Waals surface area contributed by atoms with Gasteiger partial charge in [-0.2, -0.15) is 0 Å². The molecule has 2 fully saturated rings. The van der Waals surface area contributed by atoms with Crippen molar-refractivity contribution in [3.05, 3.63) is 53.3 Å². The van der Waals surface area contributed by atoms with Crippen LogP contribution in [0.4, 0.5) is 14.9 Å². The quantitative estimate of drug-likeness (QED) is 0.690. The number of piperidine rings is 1. The Morgan fingerprint density at radius 1 is 1.14 bits per heavy atom. The summed E-state index contributed by atoms with van der Waals surface area (Å²) in [5.74, 6) is -0.421. The molecule has 0 saturated carbocycles. The summed E-state index contributed by atoms with van der Waals surface area (Å²) in [4.78, 5) is 12.6. The van der Waals surface area contributed by atoms with Gasteiger partial charge in [0.25, 0.3) is 0 Å².